The molecule has 2 aromatic carbocycles. The molecular weight excluding hydrogens is 329 g/mol. The zero-order valence-electron chi connectivity index (χ0n) is 10.3. The van der Waals surface area contributed by atoms with Crippen LogP contribution < -0.4 is 4.74 Å². The summed E-state index contributed by atoms with van der Waals surface area (Å²) in [7, 11) is 1.41. The van der Waals surface area contributed by atoms with Crippen molar-refractivity contribution in [1.82, 2.24) is 0 Å². The molecule has 0 fully saturated rings. The summed E-state index contributed by atoms with van der Waals surface area (Å²) in [5.41, 5.74) is 0.388. The minimum Gasteiger partial charge on any atom is -0.497 e. The molecule has 2 rings (SSSR count). The molecule has 0 amide bonds. The maximum Gasteiger partial charge on any atom is 0.264 e. The molecule has 0 heterocycles. The van der Waals surface area contributed by atoms with Crippen LogP contribution in [0.5, 0.6) is 5.75 Å². The summed E-state index contributed by atoms with van der Waals surface area (Å²) in [6.07, 6.45) is -2.68. The Labute approximate surface area is 130 Å². The van der Waals surface area contributed by atoms with E-state index in [0.717, 1.165) is 0 Å². The summed E-state index contributed by atoms with van der Waals surface area (Å²) in [5.74, 6) is 0.338. The fraction of sp³-hybridized carbons (Fsp3) is 0.143. The van der Waals surface area contributed by atoms with Gasteiger partial charge in [0, 0.05) is 16.1 Å². The summed E-state index contributed by atoms with van der Waals surface area (Å²) < 4.78 is 31.4. The van der Waals surface area contributed by atoms with Gasteiger partial charge in [0.25, 0.3) is 6.43 Å². The fourth-order valence-corrected chi connectivity index (χ4v) is 2.90. The van der Waals surface area contributed by atoms with Crippen molar-refractivity contribution in [3.63, 3.8) is 0 Å². The monoisotopic (exact) mass is 336 g/mol. The van der Waals surface area contributed by atoms with Gasteiger partial charge in [-0.3, -0.25) is 0 Å². The lowest BCUT2D eigenvalue weighted by atomic mass is 9.99. The van der Waals surface area contributed by atoms with E-state index in [1.807, 2.05) is 0 Å². The van der Waals surface area contributed by atoms with Gasteiger partial charge in [0.1, 0.15) is 5.75 Å². The number of hydrogen-bond donors (Lipinski definition) is 0. The molecule has 0 saturated carbocycles. The van der Waals surface area contributed by atoms with Gasteiger partial charge in [-0.15, -0.1) is 0 Å². The van der Waals surface area contributed by atoms with E-state index in [0.29, 0.717) is 16.3 Å². The molecule has 0 radical (unpaired) electrons. The molecule has 0 aromatic heterocycles. The Bertz CT molecular complexity index is 621. The van der Waals surface area contributed by atoms with Gasteiger partial charge in [-0.25, -0.2) is 8.78 Å². The lowest BCUT2D eigenvalue weighted by molar-refractivity contribution is 0.151. The van der Waals surface area contributed by atoms with E-state index in [1.54, 1.807) is 6.07 Å². The van der Waals surface area contributed by atoms with Gasteiger partial charge in [0.05, 0.1) is 17.2 Å². The van der Waals surface area contributed by atoms with Crippen molar-refractivity contribution in [2.75, 3.05) is 7.11 Å². The average molecular weight is 338 g/mol. The second kappa shape index (κ2) is 6.17. The maximum absolute atomic E-state index is 13.2. The summed E-state index contributed by atoms with van der Waals surface area (Å²) >= 11 is 18.0. The van der Waals surface area contributed by atoms with E-state index in [9.17, 15) is 8.78 Å². The second-order valence-electron chi connectivity index (χ2n) is 4.00. The third-order valence-electron chi connectivity index (χ3n) is 2.77. The molecule has 20 heavy (non-hydrogen) atoms. The molecule has 6 heteroatoms. The van der Waals surface area contributed by atoms with Crippen LogP contribution >= 0.6 is 34.8 Å². The average Bonchev–Trinajstić information content (AvgIpc) is 2.37. The Kier molecular flexibility index (Phi) is 4.74. The number of hydrogen-bond acceptors (Lipinski definition) is 1. The van der Waals surface area contributed by atoms with Crippen LogP contribution in [-0.2, 0) is 0 Å². The predicted molar refractivity (Wildman–Crippen MR) is 78.4 cm³/mol. The number of ether oxygens (including phenoxy) is 1. The number of rotatable bonds is 3. The van der Waals surface area contributed by atoms with Crippen LogP contribution in [0, 0.1) is 0 Å². The molecule has 0 bridgehead atoms. The molecule has 0 aliphatic heterocycles. The molecule has 0 atom stereocenters. The van der Waals surface area contributed by atoms with Gasteiger partial charge in [-0.2, -0.15) is 0 Å². The van der Waals surface area contributed by atoms with Crippen molar-refractivity contribution in [3.05, 3.63) is 51.0 Å². The minimum atomic E-state index is -2.68. The zero-order chi connectivity index (χ0) is 14.9. The van der Waals surface area contributed by atoms with E-state index < -0.39 is 6.43 Å². The number of methoxy groups -OCH3 is 1. The van der Waals surface area contributed by atoms with E-state index in [4.69, 9.17) is 39.5 Å². The highest BCUT2D eigenvalue weighted by atomic mass is 35.5. The SMILES string of the molecule is COc1ccc(-c2c(Cl)cc(Cl)cc2Cl)c(C(F)F)c1. The van der Waals surface area contributed by atoms with Crippen LogP contribution in [0.4, 0.5) is 8.78 Å². The van der Waals surface area contributed by atoms with Gasteiger partial charge in [0.15, 0.2) is 0 Å². The van der Waals surface area contributed by atoms with E-state index >= 15 is 0 Å². The maximum atomic E-state index is 13.2. The second-order valence-corrected chi connectivity index (χ2v) is 5.25. The summed E-state index contributed by atoms with van der Waals surface area (Å²) in [4.78, 5) is 0. The van der Waals surface area contributed by atoms with Crippen molar-refractivity contribution in [3.8, 4) is 16.9 Å². The van der Waals surface area contributed by atoms with Gasteiger partial charge in [0.2, 0.25) is 0 Å². The largest absolute Gasteiger partial charge is 0.497 e. The molecular formula is C14H9Cl3F2O. The number of benzene rings is 2. The highest BCUT2D eigenvalue weighted by Gasteiger charge is 2.19. The first-order valence-corrected chi connectivity index (χ1v) is 6.68. The van der Waals surface area contributed by atoms with Crippen LogP contribution in [0.2, 0.25) is 15.1 Å². The van der Waals surface area contributed by atoms with Crippen LogP contribution in [0.1, 0.15) is 12.0 Å². The minimum absolute atomic E-state index is 0.199. The molecule has 0 aliphatic carbocycles. The van der Waals surface area contributed by atoms with Gasteiger partial charge < -0.3 is 4.74 Å². The van der Waals surface area contributed by atoms with Crippen molar-refractivity contribution in [2.45, 2.75) is 6.43 Å². The third kappa shape index (κ3) is 3.00. The quantitative estimate of drug-likeness (QED) is 0.642. The van der Waals surface area contributed by atoms with Crippen molar-refractivity contribution >= 4 is 34.8 Å². The first-order chi connectivity index (χ1) is 9.43. The molecule has 0 saturated heterocycles. The molecule has 0 aliphatic rings. The molecule has 0 unspecified atom stereocenters. The van der Waals surface area contributed by atoms with E-state index in [1.165, 1.54) is 31.4 Å². The Morgan fingerprint density at radius 2 is 1.60 bits per heavy atom. The Hall–Kier alpha value is -1.03. The van der Waals surface area contributed by atoms with Gasteiger partial charge >= 0.3 is 0 Å². The normalized spacial score (nSPS) is 10.9. The molecule has 2 aromatic rings. The smallest absolute Gasteiger partial charge is 0.264 e. The zero-order valence-corrected chi connectivity index (χ0v) is 12.5. The predicted octanol–water partition coefficient (Wildman–Crippen LogP) is 6.26. The van der Waals surface area contributed by atoms with Crippen LogP contribution in [0.3, 0.4) is 0 Å². The number of alkyl halides is 2. The highest BCUT2D eigenvalue weighted by molar-refractivity contribution is 6.41. The molecule has 0 N–H and O–H groups in total. The third-order valence-corrected chi connectivity index (χ3v) is 3.58. The Morgan fingerprint density at radius 1 is 1.00 bits per heavy atom. The Balaban J connectivity index is 2.69. The van der Waals surface area contributed by atoms with Gasteiger partial charge in [-0.1, -0.05) is 40.9 Å². The van der Waals surface area contributed by atoms with Crippen LogP contribution in [-0.4, -0.2) is 7.11 Å². The fourth-order valence-electron chi connectivity index (χ4n) is 1.88. The standard InChI is InChI=1S/C14H9Cl3F2O/c1-20-8-2-3-9(10(6-8)14(18)19)13-11(16)4-7(15)5-12(13)17/h2-6,14H,1H3. The first kappa shape index (κ1) is 15.4. The van der Waals surface area contributed by atoms with E-state index in [2.05, 4.69) is 0 Å². The topological polar surface area (TPSA) is 9.23 Å². The summed E-state index contributed by atoms with van der Waals surface area (Å²) in [5, 5.41) is 0.778. The molecule has 1 nitrogen and oxygen atoms in total. The lowest BCUT2D eigenvalue weighted by Gasteiger charge is -2.14. The van der Waals surface area contributed by atoms with Gasteiger partial charge in [-0.05, 0) is 29.8 Å². The molecule has 0 spiro atoms. The summed E-state index contributed by atoms with van der Waals surface area (Å²) in [6.45, 7) is 0. The van der Waals surface area contributed by atoms with Crippen molar-refractivity contribution in [1.29, 1.82) is 0 Å². The lowest BCUT2D eigenvalue weighted by Crippen LogP contribution is -1.94. The van der Waals surface area contributed by atoms with E-state index in [-0.39, 0.29) is 21.2 Å². The van der Waals surface area contributed by atoms with Crippen LogP contribution in [0.15, 0.2) is 30.3 Å². The number of halogens is 5. The Morgan fingerprint density at radius 3 is 2.10 bits per heavy atom. The van der Waals surface area contributed by atoms with Crippen molar-refractivity contribution < 1.29 is 13.5 Å². The van der Waals surface area contributed by atoms with Crippen LogP contribution in [0.25, 0.3) is 11.1 Å². The van der Waals surface area contributed by atoms with Crippen molar-refractivity contribution in [2.24, 2.45) is 0 Å². The molecule has 106 valence electrons. The summed E-state index contributed by atoms with van der Waals surface area (Å²) in [6, 6.07) is 7.26. The highest BCUT2D eigenvalue weighted by Crippen LogP contribution is 2.42. The first-order valence-electron chi connectivity index (χ1n) is 5.55.